The van der Waals surface area contributed by atoms with Crippen molar-refractivity contribution in [2.75, 3.05) is 32.7 Å². The van der Waals surface area contributed by atoms with Crippen molar-refractivity contribution in [3.05, 3.63) is 29.8 Å². The molecule has 0 radical (unpaired) electrons. The summed E-state index contributed by atoms with van der Waals surface area (Å²) >= 11 is 0. The molecule has 1 aromatic rings. The van der Waals surface area contributed by atoms with Gasteiger partial charge in [-0.3, -0.25) is 4.99 Å². The molecule has 1 amide bonds. The van der Waals surface area contributed by atoms with Gasteiger partial charge in [-0.15, -0.1) is 0 Å². The molecule has 2 heterocycles. The van der Waals surface area contributed by atoms with Crippen LogP contribution < -0.4 is 10.1 Å². The van der Waals surface area contributed by atoms with Crippen molar-refractivity contribution in [3.8, 4) is 5.75 Å². The first kappa shape index (κ1) is 21.1. The van der Waals surface area contributed by atoms with Crippen molar-refractivity contribution in [1.29, 1.82) is 0 Å². The van der Waals surface area contributed by atoms with E-state index in [9.17, 15) is 13.6 Å². The molecule has 2 aliphatic rings. The lowest BCUT2D eigenvalue weighted by Crippen LogP contribution is -2.57. The van der Waals surface area contributed by atoms with Crippen LogP contribution in [0.3, 0.4) is 0 Å². The maximum absolute atomic E-state index is 12.5. The lowest BCUT2D eigenvalue weighted by atomic mass is 10.1. The maximum Gasteiger partial charge on any atom is 0.410 e. The highest BCUT2D eigenvalue weighted by Gasteiger charge is 2.36. The third kappa shape index (κ3) is 5.71. The predicted molar refractivity (Wildman–Crippen MR) is 105 cm³/mol. The summed E-state index contributed by atoms with van der Waals surface area (Å²) < 4.78 is 35.1. The Balaban J connectivity index is 1.49. The normalized spacial score (nSPS) is 19.1. The molecule has 1 fully saturated rings. The highest BCUT2D eigenvalue weighted by Crippen LogP contribution is 2.21. The van der Waals surface area contributed by atoms with Crippen LogP contribution >= 0.6 is 0 Å². The first-order chi connectivity index (χ1) is 13.7. The van der Waals surface area contributed by atoms with Crippen LogP contribution in [0.1, 0.15) is 26.3 Å². The number of aliphatic imine (C=N–C) groups is 1. The Labute approximate surface area is 169 Å². The first-order valence-corrected chi connectivity index (χ1v) is 9.78. The van der Waals surface area contributed by atoms with Crippen LogP contribution in [0.4, 0.5) is 13.6 Å². The predicted octanol–water partition coefficient (Wildman–Crippen LogP) is 2.71. The number of guanidine groups is 1. The van der Waals surface area contributed by atoms with Gasteiger partial charge < -0.3 is 24.6 Å². The van der Waals surface area contributed by atoms with E-state index in [0.29, 0.717) is 44.7 Å². The van der Waals surface area contributed by atoms with Crippen molar-refractivity contribution in [2.45, 2.75) is 45.4 Å². The molecule has 160 valence electrons. The second-order valence-electron chi connectivity index (χ2n) is 8.10. The number of alkyl halides is 2. The molecule has 7 nitrogen and oxygen atoms in total. The van der Waals surface area contributed by atoms with Crippen molar-refractivity contribution in [2.24, 2.45) is 4.99 Å². The molecule has 0 saturated carbocycles. The quantitative estimate of drug-likeness (QED) is 0.809. The maximum atomic E-state index is 12.5. The van der Waals surface area contributed by atoms with Crippen LogP contribution in [0.5, 0.6) is 5.75 Å². The number of carbonyl (C=O) groups is 1. The van der Waals surface area contributed by atoms with E-state index in [-0.39, 0.29) is 17.9 Å². The zero-order valence-electron chi connectivity index (χ0n) is 17.0. The number of benzene rings is 1. The number of piperazine rings is 1. The van der Waals surface area contributed by atoms with E-state index in [2.05, 4.69) is 19.9 Å². The molecule has 29 heavy (non-hydrogen) atoms. The van der Waals surface area contributed by atoms with Crippen LogP contribution in [0.25, 0.3) is 0 Å². The molecule has 0 aliphatic carbocycles. The van der Waals surface area contributed by atoms with E-state index >= 15 is 0 Å². The Morgan fingerprint density at radius 1 is 1.31 bits per heavy atom. The van der Waals surface area contributed by atoms with Gasteiger partial charge in [0.2, 0.25) is 0 Å². The lowest BCUT2D eigenvalue weighted by molar-refractivity contribution is -0.0504. The molecule has 1 unspecified atom stereocenters. The molecule has 0 bridgehead atoms. The van der Waals surface area contributed by atoms with E-state index < -0.39 is 12.2 Å². The highest BCUT2D eigenvalue weighted by atomic mass is 19.3. The third-order valence-corrected chi connectivity index (χ3v) is 4.72. The van der Waals surface area contributed by atoms with E-state index in [1.165, 1.54) is 0 Å². The van der Waals surface area contributed by atoms with Gasteiger partial charge in [-0.1, -0.05) is 18.2 Å². The number of carbonyl (C=O) groups excluding carboxylic acids is 1. The number of nitrogens with one attached hydrogen (secondary N) is 1. The molecule has 2 aliphatic heterocycles. The average Bonchev–Trinajstić information content (AvgIpc) is 3.03. The number of rotatable bonds is 5. The summed E-state index contributed by atoms with van der Waals surface area (Å²) in [5.74, 6) is 0.979. The zero-order valence-corrected chi connectivity index (χ0v) is 17.0. The van der Waals surface area contributed by atoms with Gasteiger partial charge in [0.1, 0.15) is 11.4 Å². The molecule has 0 spiro atoms. The zero-order chi connectivity index (χ0) is 21.0. The Morgan fingerprint density at radius 3 is 2.79 bits per heavy atom. The summed E-state index contributed by atoms with van der Waals surface area (Å²) in [5, 5.41) is 3.29. The van der Waals surface area contributed by atoms with Crippen molar-refractivity contribution >= 4 is 12.1 Å². The first-order valence-electron chi connectivity index (χ1n) is 9.78. The summed E-state index contributed by atoms with van der Waals surface area (Å²) in [4.78, 5) is 20.7. The molecule has 1 atom stereocenters. The van der Waals surface area contributed by atoms with Gasteiger partial charge in [-0.25, -0.2) is 4.79 Å². The summed E-state index contributed by atoms with van der Waals surface area (Å²) in [6.45, 7) is 5.66. The van der Waals surface area contributed by atoms with E-state index in [0.717, 1.165) is 5.96 Å². The van der Waals surface area contributed by atoms with Crippen LogP contribution in [0, 0.1) is 0 Å². The fourth-order valence-corrected chi connectivity index (χ4v) is 3.45. The van der Waals surface area contributed by atoms with Crippen molar-refractivity contribution in [1.82, 2.24) is 15.1 Å². The average molecular weight is 410 g/mol. The van der Waals surface area contributed by atoms with Gasteiger partial charge >= 0.3 is 12.7 Å². The number of fused-ring (bicyclic) bond motifs is 1. The second-order valence-corrected chi connectivity index (χ2v) is 8.10. The second kappa shape index (κ2) is 8.84. The largest absolute Gasteiger partial charge is 0.444 e. The van der Waals surface area contributed by atoms with Crippen LogP contribution in [-0.2, 0) is 11.2 Å². The van der Waals surface area contributed by atoms with E-state index in [1.54, 1.807) is 29.2 Å². The number of hydrogen-bond donors (Lipinski definition) is 1. The minimum Gasteiger partial charge on any atom is -0.444 e. The molecule has 0 aromatic heterocycles. The molecule has 3 rings (SSSR count). The summed E-state index contributed by atoms with van der Waals surface area (Å²) in [5.41, 5.74) is 0.197. The standard InChI is InChI=1S/C20H28F2N4O3/c1-20(2,3)29-19(27)25-10-11-26-15(13-25)12-24-18(26)23-9-8-14-6-4-5-7-16(14)28-17(21)22/h4-7,15,17H,8-13H2,1-3H3,(H,23,24). The topological polar surface area (TPSA) is 66.4 Å². The summed E-state index contributed by atoms with van der Waals surface area (Å²) in [6, 6.07) is 6.91. The van der Waals surface area contributed by atoms with Crippen LogP contribution in [-0.4, -0.2) is 72.8 Å². The highest BCUT2D eigenvalue weighted by molar-refractivity contribution is 5.82. The van der Waals surface area contributed by atoms with Gasteiger partial charge in [0.05, 0.1) is 12.6 Å². The summed E-state index contributed by atoms with van der Waals surface area (Å²) in [6.07, 6.45) is 0.235. The Kier molecular flexibility index (Phi) is 6.44. The Bertz CT molecular complexity index is 751. The van der Waals surface area contributed by atoms with Gasteiger partial charge in [0.15, 0.2) is 5.96 Å². The van der Waals surface area contributed by atoms with Gasteiger partial charge in [-0.2, -0.15) is 8.78 Å². The summed E-state index contributed by atoms with van der Waals surface area (Å²) in [7, 11) is 0. The minimum atomic E-state index is -2.84. The van der Waals surface area contributed by atoms with Crippen molar-refractivity contribution in [3.63, 3.8) is 0 Å². The third-order valence-electron chi connectivity index (χ3n) is 4.72. The fourth-order valence-electron chi connectivity index (χ4n) is 3.45. The minimum absolute atomic E-state index is 0.119. The van der Waals surface area contributed by atoms with Gasteiger partial charge in [0.25, 0.3) is 0 Å². The molecule has 1 saturated heterocycles. The molecule has 1 N–H and O–H groups in total. The van der Waals surface area contributed by atoms with E-state index in [4.69, 9.17) is 4.74 Å². The van der Waals surface area contributed by atoms with E-state index in [1.807, 2.05) is 20.8 Å². The lowest BCUT2D eigenvalue weighted by Gasteiger charge is -2.39. The van der Waals surface area contributed by atoms with Crippen LogP contribution in [0.2, 0.25) is 0 Å². The number of halogens is 2. The van der Waals surface area contributed by atoms with Crippen molar-refractivity contribution < 1.29 is 23.0 Å². The molecule has 9 heteroatoms. The molecular weight excluding hydrogens is 382 g/mol. The number of ether oxygens (including phenoxy) is 2. The molecular formula is C20H28F2N4O3. The Morgan fingerprint density at radius 2 is 2.07 bits per heavy atom. The molecule has 1 aromatic carbocycles. The number of para-hydroxylation sites is 1. The van der Waals surface area contributed by atoms with Crippen LogP contribution in [0.15, 0.2) is 29.3 Å². The number of amides is 1. The monoisotopic (exact) mass is 410 g/mol. The fraction of sp³-hybridized carbons (Fsp3) is 0.600. The van der Waals surface area contributed by atoms with Gasteiger partial charge in [0, 0.05) is 26.2 Å². The number of hydrogen-bond acceptors (Lipinski definition) is 6. The number of nitrogens with zero attached hydrogens (tertiary/aromatic N) is 3. The van der Waals surface area contributed by atoms with Gasteiger partial charge in [-0.05, 0) is 38.8 Å². The Hall–Kier alpha value is -2.58. The smallest absolute Gasteiger partial charge is 0.410 e. The SMILES string of the molecule is CC(C)(C)OC(=O)N1CCN2C(NCCc3ccccc3OC(F)F)=NCC2C1.